The van der Waals surface area contributed by atoms with Crippen molar-refractivity contribution in [3.8, 4) is 0 Å². The van der Waals surface area contributed by atoms with Crippen LogP contribution in [0.4, 0.5) is 0 Å². The Morgan fingerprint density at radius 2 is 1.87 bits per heavy atom. The molecule has 0 aromatic heterocycles. The van der Waals surface area contributed by atoms with E-state index in [1.807, 2.05) is 18.2 Å². The molecule has 1 aliphatic carbocycles. The van der Waals surface area contributed by atoms with E-state index in [2.05, 4.69) is 24.3 Å². The number of fused-ring (bicyclic) bond motifs is 1. The van der Waals surface area contributed by atoms with E-state index in [0.717, 1.165) is 12.8 Å². The predicted molar refractivity (Wildman–Crippen MR) is 87.2 cm³/mol. The Morgan fingerprint density at radius 1 is 1.09 bits per heavy atom. The fourth-order valence-electron chi connectivity index (χ4n) is 3.89. The topological polar surface area (TPSA) is 57.6 Å². The number of likely N-dealkylation sites (tertiary alicyclic amines) is 1. The number of amides is 1. The standard InChI is InChI=1S/C19H19NO3/c21-18(20-10-4-9-17(20)19(22)23)16-11-15(16)14-8-3-6-12-5-1-2-7-13(12)14/h1-3,5-8,15-17H,4,9-11H2,(H,22,23)/t15?,16?,17-/m1/s1. The van der Waals surface area contributed by atoms with Gasteiger partial charge in [0.1, 0.15) is 6.04 Å². The molecule has 4 nitrogen and oxygen atoms in total. The van der Waals surface area contributed by atoms with E-state index >= 15 is 0 Å². The maximum atomic E-state index is 12.7. The first-order valence-corrected chi connectivity index (χ1v) is 8.18. The molecule has 118 valence electrons. The number of rotatable bonds is 3. The highest BCUT2D eigenvalue weighted by molar-refractivity contribution is 5.91. The van der Waals surface area contributed by atoms with Gasteiger partial charge in [-0.05, 0) is 41.5 Å². The summed E-state index contributed by atoms with van der Waals surface area (Å²) >= 11 is 0. The number of hydrogen-bond acceptors (Lipinski definition) is 2. The van der Waals surface area contributed by atoms with Gasteiger partial charge in [0.15, 0.2) is 0 Å². The Morgan fingerprint density at radius 3 is 2.70 bits per heavy atom. The van der Waals surface area contributed by atoms with Gasteiger partial charge in [0.2, 0.25) is 5.91 Å². The molecule has 2 fully saturated rings. The van der Waals surface area contributed by atoms with E-state index in [4.69, 9.17) is 0 Å². The number of carbonyl (C=O) groups excluding carboxylic acids is 1. The van der Waals surface area contributed by atoms with Crippen LogP contribution in [0.15, 0.2) is 42.5 Å². The Hall–Kier alpha value is -2.36. The summed E-state index contributed by atoms with van der Waals surface area (Å²) in [5.41, 5.74) is 1.22. The third-order valence-electron chi connectivity index (χ3n) is 5.15. The van der Waals surface area contributed by atoms with Crippen LogP contribution in [0.25, 0.3) is 10.8 Å². The zero-order valence-electron chi connectivity index (χ0n) is 12.8. The second-order valence-corrected chi connectivity index (χ2v) is 6.54. The second kappa shape index (κ2) is 5.37. The lowest BCUT2D eigenvalue weighted by atomic mass is 10.00. The largest absolute Gasteiger partial charge is 0.480 e. The van der Waals surface area contributed by atoms with Crippen LogP contribution in [0.3, 0.4) is 0 Å². The Bertz CT molecular complexity index is 780. The van der Waals surface area contributed by atoms with Crippen molar-refractivity contribution in [2.75, 3.05) is 6.54 Å². The normalized spacial score (nSPS) is 26.4. The second-order valence-electron chi connectivity index (χ2n) is 6.54. The van der Waals surface area contributed by atoms with Crippen molar-refractivity contribution < 1.29 is 14.7 Å². The molecular formula is C19H19NO3. The molecule has 23 heavy (non-hydrogen) atoms. The van der Waals surface area contributed by atoms with Crippen LogP contribution >= 0.6 is 0 Å². The number of nitrogens with zero attached hydrogens (tertiary/aromatic N) is 1. The fourth-order valence-corrected chi connectivity index (χ4v) is 3.89. The van der Waals surface area contributed by atoms with E-state index < -0.39 is 12.0 Å². The molecule has 1 N–H and O–H groups in total. The molecule has 1 heterocycles. The quantitative estimate of drug-likeness (QED) is 0.948. The molecule has 0 bridgehead atoms. The summed E-state index contributed by atoms with van der Waals surface area (Å²) in [6.07, 6.45) is 2.19. The summed E-state index contributed by atoms with van der Waals surface area (Å²) in [7, 11) is 0. The third-order valence-corrected chi connectivity index (χ3v) is 5.15. The predicted octanol–water partition coefficient (Wildman–Crippen LogP) is 3.02. The number of hydrogen-bond donors (Lipinski definition) is 1. The van der Waals surface area contributed by atoms with Gasteiger partial charge in [0.25, 0.3) is 0 Å². The molecule has 2 unspecified atom stereocenters. The first-order chi connectivity index (χ1) is 11.2. The SMILES string of the molecule is O=C(O)[C@H]1CCCN1C(=O)C1CC1c1cccc2ccccc12. The van der Waals surface area contributed by atoms with Gasteiger partial charge in [-0.1, -0.05) is 42.5 Å². The van der Waals surface area contributed by atoms with Crippen LogP contribution in [-0.2, 0) is 9.59 Å². The lowest BCUT2D eigenvalue weighted by Gasteiger charge is -2.21. The molecular weight excluding hydrogens is 290 g/mol. The van der Waals surface area contributed by atoms with E-state index in [1.54, 1.807) is 4.90 Å². The van der Waals surface area contributed by atoms with Gasteiger partial charge in [0, 0.05) is 12.5 Å². The third kappa shape index (κ3) is 2.38. The van der Waals surface area contributed by atoms with Crippen LogP contribution in [0.1, 0.15) is 30.7 Å². The van der Waals surface area contributed by atoms with E-state index in [-0.39, 0.29) is 17.7 Å². The van der Waals surface area contributed by atoms with E-state index in [1.165, 1.54) is 16.3 Å². The van der Waals surface area contributed by atoms with Crippen molar-refractivity contribution in [1.29, 1.82) is 0 Å². The summed E-state index contributed by atoms with van der Waals surface area (Å²) in [4.78, 5) is 25.6. The van der Waals surface area contributed by atoms with Gasteiger partial charge >= 0.3 is 5.97 Å². The summed E-state index contributed by atoms with van der Waals surface area (Å²) in [5, 5.41) is 11.7. The Kier molecular flexibility index (Phi) is 3.33. The maximum Gasteiger partial charge on any atom is 0.326 e. The average molecular weight is 309 g/mol. The van der Waals surface area contributed by atoms with Gasteiger partial charge in [-0.15, -0.1) is 0 Å². The highest BCUT2D eigenvalue weighted by atomic mass is 16.4. The van der Waals surface area contributed by atoms with Gasteiger partial charge < -0.3 is 10.0 Å². The van der Waals surface area contributed by atoms with Gasteiger partial charge in [0.05, 0.1) is 0 Å². The highest BCUT2D eigenvalue weighted by Crippen LogP contribution is 2.50. The number of benzene rings is 2. The molecule has 4 rings (SSSR count). The van der Waals surface area contributed by atoms with Crippen LogP contribution in [0.2, 0.25) is 0 Å². The molecule has 2 aromatic rings. The Labute approximate surface area is 134 Å². The minimum atomic E-state index is -0.877. The smallest absolute Gasteiger partial charge is 0.326 e. The lowest BCUT2D eigenvalue weighted by Crippen LogP contribution is -2.41. The van der Waals surface area contributed by atoms with Crippen LogP contribution < -0.4 is 0 Å². The van der Waals surface area contributed by atoms with Crippen molar-refractivity contribution in [3.63, 3.8) is 0 Å². The minimum absolute atomic E-state index is 0.0211. The van der Waals surface area contributed by atoms with Gasteiger partial charge in [-0.25, -0.2) is 4.79 Å². The molecule has 0 radical (unpaired) electrons. The fraction of sp³-hybridized carbons (Fsp3) is 0.368. The zero-order chi connectivity index (χ0) is 16.0. The van der Waals surface area contributed by atoms with Crippen molar-refractivity contribution >= 4 is 22.6 Å². The first-order valence-electron chi connectivity index (χ1n) is 8.18. The number of carbonyl (C=O) groups is 2. The van der Waals surface area contributed by atoms with E-state index in [9.17, 15) is 14.7 Å². The molecule has 4 heteroatoms. The maximum absolute atomic E-state index is 12.7. The van der Waals surface area contributed by atoms with Crippen molar-refractivity contribution in [2.24, 2.45) is 5.92 Å². The summed E-state index contributed by atoms with van der Waals surface area (Å²) in [6.45, 7) is 0.578. The molecule has 1 saturated heterocycles. The van der Waals surface area contributed by atoms with Crippen LogP contribution in [-0.4, -0.2) is 34.5 Å². The summed E-state index contributed by atoms with van der Waals surface area (Å²) < 4.78 is 0. The van der Waals surface area contributed by atoms with Crippen LogP contribution in [0.5, 0.6) is 0 Å². The minimum Gasteiger partial charge on any atom is -0.480 e. The van der Waals surface area contributed by atoms with Gasteiger partial charge in [-0.2, -0.15) is 0 Å². The molecule has 3 atom stereocenters. The molecule has 2 aliphatic rings. The number of carboxylic acids is 1. The first kappa shape index (κ1) is 14.2. The monoisotopic (exact) mass is 309 g/mol. The van der Waals surface area contributed by atoms with Crippen LogP contribution in [0, 0.1) is 5.92 Å². The summed E-state index contributed by atoms with van der Waals surface area (Å²) in [6, 6.07) is 13.8. The number of aliphatic carboxylic acids is 1. The lowest BCUT2D eigenvalue weighted by molar-refractivity contribution is -0.148. The summed E-state index contributed by atoms with van der Waals surface area (Å²) in [5.74, 6) is -0.685. The molecule has 0 spiro atoms. The molecule has 1 aliphatic heterocycles. The Balaban J connectivity index is 1.57. The zero-order valence-corrected chi connectivity index (χ0v) is 12.8. The van der Waals surface area contributed by atoms with Crippen molar-refractivity contribution in [1.82, 2.24) is 4.90 Å². The number of carboxylic acid groups (broad SMARTS) is 1. The van der Waals surface area contributed by atoms with E-state index in [0.29, 0.717) is 13.0 Å². The van der Waals surface area contributed by atoms with Gasteiger partial charge in [-0.3, -0.25) is 4.79 Å². The average Bonchev–Trinajstić information content (AvgIpc) is 3.20. The molecule has 2 aromatic carbocycles. The van der Waals surface area contributed by atoms with Crippen molar-refractivity contribution in [3.05, 3.63) is 48.0 Å². The molecule has 1 amide bonds. The highest BCUT2D eigenvalue weighted by Gasteiger charge is 2.49. The molecule has 1 saturated carbocycles. The van der Waals surface area contributed by atoms with Crippen molar-refractivity contribution in [2.45, 2.75) is 31.2 Å².